The van der Waals surface area contributed by atoms with Crippen molar-refractivity contribution in [2.75, 3.05) is 24.6 Å². The predicted molar refractivity (Wildman–Crippen MR) is 114 cm³/mol. The van der Waals surface area contributed by atoms with Crippen LogP contribution in [-0.4, -0.2) is 40.4 Å². The number of aromatic nitrogens is 2. The molecule has 4 rings (SSSR count). The first-order valence-corrected chi connectivity index (χ1v) is 10.5. The Morgan fingerprint density at radius 2 is 2.20 bits per heavy atom. The van der Waals surface area contributed by atoms with Crippen LogP contribution in [0, 0.1) is 29.5 Å². The van der Waals surface area contributed by atoms with Crippen LogP contribution in [0.5, 0.6) is 0 Å². The Labute approximate surface area is 180 Å². The summed E-state index contributed by atoms with van der Waals surface area (Å²) < 4.78 is 14.2. The average molecular weight is 433 g/mol. The van der Waals surface area contributed by atoms with Crippen molar-refractivity contribution in [2.45, 2.75) is 25.4 Å². The second-order valence-corrected chi connectivity index (χ2v) is 8.87. The maximum atomic E-state index is 14.2. The van der Waals surface area contributed by atoms with E-state index in [9.17, 15) is 9.18 Å². The van der Waals surface area contributed by atoms with Gasteiger partial charge in [-0.2, -0.15) is 4.98 Å². The molecule has 2 aromatic rings. The highest BCUT2D eigenvalue weighted by atomic mass is 35.5. The third-order valence-corrected chi connectivity index (χ3v) is 6.62. The summed E-state index contributed by atoms with van der Waals surface area (Å²) in [5, 5.41) is 3.08. The van der Waals surface area contributed by atoms with E-state index in [2.05, 4.69) is 33.3 Å². The molecule has 1 amide bonds. The van der Waals surface area contributed by atoms with Crippen LogP contribution in [-0.2, 0) is 11.3 Å². The molecule has 7 nitrogen and oxygen atoms in total. The highest BCUT2D eigenvalue weighted by Crippen LogP contribution is 2.52. The van der Waals surface area contributed by atoms with Crippen LogP contribution < -0.4 is 16.8 Å². The summed E-state index contributed by atoms with van der Waals surface area (Å²) in [6, 6.07) is 7.59. The average Bonchev–Trinajstić information content (AvgIpc) is 3.22. The maximum absolute atomic E-state index is 14.2. The zero-order chi connectivity index (χ0) is 21.4. The van der Waals surface area contributed by atoms with Crippen molar-refractivity contribution < 1.29 is 9.18 Å². The molecule has 2 aliphatic carbocycles. The van der Waals surface area contributed by atoms with Crippen molar-refractivity contribution in [1.29, 1.82) is 0 Å². The number of rotatable bonds is 7. The summed E-state index contributed by atoms with van der Waals surface area (Å²) in [5.41, 5.74) is 13.5. The first-order valence-electron chi connectivity index (χ1n) is 10.1. The Morgan fingerprint density at radius 3 is 2.93 bits per heavy atom. The molecule has 30 heavy (non-hydrogen) atoms. The van der Waals surface area contributed by atoms with Gasteiger partial charge in [0.25, 0.3) is 0 Å². The first-order chi connectivity index (χ1) is 14.3. The second kappa shape index (κ2) is 8.35. The molecular weight excluding hydrogens is 407 g/mol. The van der Waals surface area contributed by atoms with E-state index in [1.165, 1.54) is 0 Å². The van der Waals surface area contributed by atoms with Gasteiger partial charge in [0.05, 0.1) is 12.1 Å². The first kappa shape index (κ1) is 20.8. The molecule has 2 aliphatic rings. The molecule has 0 saturated heterocycles. The van der Waals surface area contributed by atoms with Gasteiger partial charge in [-0.1, -0.05) is 12.1 Å². The molecule has 9 heteroatoms. The molecule has 0 aliphatic heterocycles. The van der Waals surface area contributed by atoms with E-state index in [1.807, 2.05) is 18.2 Å². The molecule has 2 fully saturated rings. The lowest BCUT2D eigenvalue weighted by Gasteiger charge is -2.36. The molecule has 160 valence electrons. The number of nitrogens with zero attached hydrogens (tertiary/aromatic N) is 3. The van der Waals surface area contributed by atoms with Gasteiger partial charge in [0.15, 0.2) is 11.6 Å². The lowest BCUT2D eigenvalue weighted by atomic mass is 9.77. The number of nitrogen functional groups attached to an aromatic ring is 1. The number of carbonyl (C=O) groups excluding carboxylic acids is 1. The van der Waals surface area contributed by atoms with Gasteiger partial charge >= 0.3 is 0 Å². The minimum Gasteiger partial charge on any atom is -0.399 e. The lowest BCUT2D eigenvalue weighted by Crippen LogP contribution is -2.47. The minimum atomic E-state index is -0.597. The third kappa shape index (κ3) is 4.20. The molecule has 0 spiro atoms. The van der Waals surface area contributed by atoms with E-state index in [4.69, 9.17) is 23.1 Å². The van der Waals surface area contributed by atoms with E-state index in [1.54, 1.807) is 0 Å². The summed E-state index contributed by atoms with van der Waals surface area (Å²) in [6.45, 7) is 1.65. The van der Waals surface area contributed by atoms with Gasteiger partial charge in [-0.3, -0.25) is 4.79 Å². The van der Waals surface area contributed by atoms with E-state index in [0.29, 0.717) is 5.92 Å². The van der Waals surface area contributed by atoms with Gasteiger partial charge in [0, 0.05) is 24.8 Å². The number of anilines is 2. The molecule has 0 unspecified atom stereocenters. The molecule has 0 radical (unpaired) electrons. The number of hydrogen-bond acceptors (Lipinski definition) is 6. The summed E-state index contributed by atoms with van der Waals surface area (Å²) in [7, 11) is 2.08. The predicted octanol–water partition coefficient (Wildman–Crippen LogP) is 2.52. The molecule has 2 bridgehead atoms. The van der Waals surface area contributed by atoms with Crippen LogP contribution in [0.2, 0.25) is 5.28 Å². The van der Waals surface area contributed by atoms with Crippen molar-refractivity contribution >= 4 is 29.0 Å². The molecule has 2 saturated carbocycles. The van der Waals surface area contributed by atoms with Gasteiger partial charge in [0.2, 0.25) is 11.2 Å². The Kier molecular flexibility index (Phi) is 5.79. The van der Waals surface area contributed by atoms with Gasteiger partial charge in [0.1, 0.15) is 0 Å². The highest BCUT2D eigenvalue weighted by Gasteiger charge is 2.55. The number of carbonyl (C=O) groups is 1. The fraction of sp³-hybridized carbons (Fsp3) is 0.476. The largest absolute Gasteiger partial charge is 0.399 e. The fourth-order valence-electron chi connectivity index (χ4n) is 5.38. The fourth-order valence-corrected chi connectivity index (χ4v) is 5.52. The number of halogens is 2. The lowest BCUT2D eigenvalue weighted by molar-refractivity contribution is -0.123. The standard InChI is InChI=1S/C21H26ClFN6O/c1-29(9-11-3-2-4-14(24)5-11)10-13-6-12-7-15(13)18(17(12)19(25)30)27-20-16(23)8-26-21(22)28-20/h2-5,8,12-13,15,17-18H,6-7,9-10,24H2,1H3,(H2,25,30)(H,26,27,28)/t12-,13+,15-,17+,18-/m1/s1. The van der Waals surface area contributed by atoms with Crippen molar-refractivity contribution in [3.8, 4) is 0 Å². The van der Waals surface area contributed by atoms with Crippen LogP contribution in [0.15, 0.2) is 30.5 Å². The van der Waals surface area contributed by atoms with Crippen LogP contribution in [0.4, 0.5) is 15.9 Å². The van der Waals surface area contributed by atoms with Gasteiger partial charge < -0.3 is 21.7 Å². The Balaban J connectivity index is 1.48. The second-order valence-electron chi connectivity index (χ2n) is 8.53. The Hall–Kier alpha value is -2.45. The smallest absolute Gasteiger partial charge is 0.224 e. The molecule has 1 aromatic heterocycles. The van der Waals surface area contributed by atoms with Crippen molar-refractivity contribution in [3.63, 3.8) is 0 Å². The van der Waals surface area contributed by atoms with Gasteiger partial charge in [-0.15, -0.1) is 0 Å². The van der Waals surface area contributed by atoms with E-state index < -0.39 is 5.82 Å². The summed E-state index contributed by atoms with van der Waals surface area (Å²) in [4.78, 5) is 22.0. The molecular formula is C21H26ClFN6O. The van der Waals surface area contributed by atoms with Crippen molar-refractivity contribution in [3.05, 3.63) is 47.1 Å². The number of amides is 1. The molecule has 1 aromatic carbocycles. The summed E-state index contributed by atoms with van der Waals surface area (Å²) >= 11 is 5.83. The summed E-state index contributed by atoms with van der Waals surface area (Å²) in [6.07, 6.45) is 2.86. The monoisotopic (exact) mass is 432 g/mol. The van der Waals surface area contributed by atoms with Crippen molar-refractivity contribution in [2.24, 2.45) is 29.4 Å². The molecule has 1 heterocycles. The Bertz CT molecular complexity index is 943. The third-order valence-electron chi connectivity index (χ3n) is 6.44. The molecule has 5 N–H and O–H groups in total. The number of nitrogens with one attached hydrogen (secondary N) is 1. The SMILES string of the molecule is CN(Cc1cccc(N)c1)C[C@@H]1C[C@@H]2C[C@H]1[C@@H](Nc1nc(Cl)ncc1F)[C@H]2C(N)=O. The van der Waals surface area contributed by atoms with E-state index in [-0.39, 0.29) is 40.8 Å². The van der Waals surface area contributed by atoms with Gasteiger partial charge in [-0.05, 0) is 66.9 Å². The quantitative estimate of drug-likeness (QED) is 0.458. The van der Waals surface area contributed by atoms with Crippen LogP contribution >= 0.6 is 11.6 Å². The zero-order valence-electron chi connectivity index (χ0n) is 16.8. The number of fused-ring (bicyclic) bond motifs is 2. The van der Waals surface area contributed by atoms with Crippen LogP contribution in [0.25, 0.3) is 0 Å². The highest BCUT2D eigenvalue weighted by molar-refractivity contribution is 6.28. The van der Waals surface area contributed by atoms with E-state index in [0.717, 1.165) is 43.4 Å². The molecule has 5 atom stereocenters. The number of primary amides is 1. The van der Waals surface area contributed by atoms with Crippen LogP contribution in [0.1, 0.15) is 18.4 Å². The number of hydrogen-bond donors (Lipinski definition) is 3. The van der Waals surface area contributed by atoms with Crippen molar-refractivity contribution in [1.82, 2.24) is 14.9 Å². The number of benzene rings is 1. The topological polar surface area (TPSA) is 110 Å². The van der Waals surface area contributed by atoms with Gasteiger partial charge in [-0.25, -0.2) is 9.37 Å². The number of nitrogens with two attached hydrogens (primary N) is 2. The van der Waals surface area contributed by atoms with E-state index >= 15 is 0 Å². The summed E-state index contributed by atoms with van der Waals surface area (Å²) in [5.74, 6) is -0.522. The minimum absolute atomic E-state index is 0.0191. The zero-order valence-corrected chi connectivity index (χ0v) is 17.5. The maximum Gasteiger partial charge on any atom is 0.224 e. The normalized spacial score (nSPS) is 27.5. The van der Waals surface area contributed by atoms with Crippen LogP contribution in [0.3, 0.4) is 0 Å². The Morgan fingerprint density at radius 1 is 1.40 bits per heavy atom.